The third kappa shape index (κ3) is 4.54. The van der Waals surface area contributed by atoms with E-state index in [2.05, 4.69) is 15.7 Å². The summed E-state index contributed by atoms with van der Waals surface area (Å²) >= 11 is 0. The Kier molecular flexibility index (Phi) is 5.92. The van der Waals surface area contributed by atoms with Gasteiger partial charge in [0.15, 0.2) is 5.69 Å². The van der Waals surface area contributed by atoms with E-state index in [1.807, 2.05) is 36.0 Å². The van der Waals surface area contributed by atoms with Crippen LogP contribution >= 0.6 is 0 Å². The molecule has 1 aromatic heterocycles. The fraction of sp³-hybridized carbons (Fsp3) is 0.524. The van der Waals surface area contributed by atoms with Crippen molar-refractivity contribution in [3.8, 4) is 5.75 Å². The van der Waals surface area contributed by atoms with Crippen LogP contribution in [0.2, 0.25) is 0 Å². The third-order valence-corrected chi connectivity index (χ3v) is 5.38. The van der Waals surface area contributed by atoms with Crippen LogP contribution in [0.25, 0.3) is 0 Å². The molecule has 0 bridgehead atoms. The minimum Gasteiger partial charge on any atom is -0.490 e. The zero-order chi connectivity index (χ0) is 19.3. The molecule has 1 aromatic carbocycles. The second-order valence-corrected chi connectivity index (χ2v) is 7.55. The zero-order valence-corrected chi connectivity index (χ0v) is 16.3. The Labute approximate surface area is 165 Å². The molecule has 7 heteroatoms. The molecular formula is C21H28N4O3. The van der Waals surface area contributed by atoms with Crippen LogP contribution in [-0.4, -0.2) is 48.1 Å². The van der Waals surface area contributed by atoms with Crippen molar-refractivity contribution in [2.75, 3.05) is 31.6 Å². The molecule has 0 aliphatic carbocycles. The number of hydrogen-bond acceptors (Lipinski definition) is 5. The number of rotatable bonds is 5. The summed E-state index contributed by atoms with van der Waals surface area (Å²) in [6.45, 7) is 5.45. The molecule has 1 unspecified atom stereocenters. The molecule has 7 nitrogen and oxygen atoms in total. The van der Waals surface area contributed by atoms with Crippen LogP contribution in [0.15, 0.2) is 30.5 Å². The fourth-order valence-corrected chi connectivity index (χ4v) is 3.75. The van der Waals surface area contributed by atoms with Crippen LogP contribution in [0, 0.1) is 6.92 Å². The smallest absolute Gasteiger partial charge is 0.276 e. The molecule has 2 aliphatic rings. The quantitative estimate of drug-likeness (QED) is 0.829. The Morgan fingerprint density at radius 1 is 1.29 bits per heavy atom. The van der Waals surface area contributed by atoms with E-state index in [0.29, 0.717) is 11.7 Å². The molecule has 2 aromatic rings. The zero-order valence-electron chi connectivity index (χ0n) is 16.3. The van der Waals surface area contributed by atoms with Crippen molar-refractivity contribution in [1.82, 2.24) is 15.1 Å². The van der Waals surface area contributed by atoms with E-state index in [4.69, 9.17) is 9.47 Å². The fourth-order valence-electron chi connectivity index (χ4n) is 3.75. The first-order valence-corrected chi connectivity index (χ1v) is 10.1. The summed E-state index contributed by atoms with van der Waals surface area (Å²) in [6, 6.07) is 7.83. The summed E-state index contributed by atoms with van der Waals surface area (Å²) in [5.41, 5.74) is 2.18. The molecule has 0 spiro atoms. The lowest BCUT2D eigenvalue weighted by atomic mass is 10.1. The highest BCUT2D eigenvalue weighted by Crippen LogP contribution is 2.25. The number of aromatic nitrogens is 2. The number of nitrogens with one attached hydrogen (secondary N) is 2. The number of benzene rings is 1. The first-order valence-electron chi connectivity index (χ1n) is 10.1. The van der Waals surface area contributed by atoms with Gasteiger partial charge in [0.2, 0.25) is 0 Å². The summed E-state index contributed by atoms with van der Waals surface area (Å²) in [6.07, 6.45) is 6.14. The topological polar surface area (TPSA) is 77.4 Å². The SMILES string of the molecule is Cc1cc(NC(=O)c2ccn(C3CCCNC3)n2)ccc1OC1CCOCC1. The van der Waals surface area contributed by atoms with Crippen molar-refractivity contribution in [3.05, 3.63) is 41.7 Å². The standard InChI is InChI=1S/C21H28N4O3/c1-15-13-16(4-5-20(15)28-18-7-11-27-12-8-18)23-21(26)19-6-10-25(24-19)17-3-2-9-22-14-17/h4-6,10,13,17-18,22H,2-3,7-9,11-12,14H2,1H3,(H,23,26). The lowest BCUT2D eigenvalue weighted by Crippen LogP contribution is -2.32. The summed E-state index contributed by atoms with van der Waals surface area (Å²) in [5, 5.41) is 10.8. The Bertz CT molecular complexity index is 808. The summed E-state index contributed by atoms with van der Waals surface area (Å²) in [7, 11) is 0. The van der Waals surface area contributed by atoms with Crippen molar-refractivity contribution >= 4 is 11.6 Å². The molecule has 2 fully saturated rings. The second-order valence-electron chi connectivity index (χ2n) is 7.55. The average molecular weight is 384 g/mol. The van der Waals surface area contributed by atoms with Gasteiger partial charge in [0, 0.05) is 31.3 Å². The monoisotopic (exact) mass is 384 g/mol. The highest BCUT2D eigenvalue weighted by atomic mass is 16.5. The minimum atomic E-state index is -0.194. The Balaban J connectivity index is 1.37. The molecule has 1 atom stereocenters. The van der Waals surface area contributed by atoms with Gasteiger partial charge in [-0.25, -0.2) is 0 Å². The molecule has 2 saturated heterocycles. The van der Waals surface area contributed by atoms with Gasteiger partial charge in [0.1, 0.15) is 11.9 Å². The normalized spacial score (nSPS) is 20.7. The highest BCUT2D eigenvalue weighted by Gasteiger charge is 2.19. The first-order chi connectivity index (χ1) is 13.7. The number of carbonyl (C=O) groups is 1. The molecule has 150 valence electrons. The number of anilines is 1. The molecule has 28 heavy (non-hydrogen) atoms. The number of aryl methyl sites for hydroxylation is 1. The van der Waals surface area contributed by atoms with Crippen molar-refractivity contribution in [2.24, 2.45) is 0 Å². The largest absolute Gasteiger partial charge is 0.490 e. The molecule has 0 saturated carbocycles. The lowest BCUT2D eigenvalue weighted by Gasteiger charge is -2.24. The van der Waals surface area contributed by atoms with E-state index in [0.717, 1.165) is 69.0 Å². The van der Waals surface area contributed by atoms with Gasteiger partial charge in [-0.2, -0.15) is 5.10 Å². The van der Waals surface area contributed by atoms with E-state index >= 15 is 0 Å². The first kappa shape index (κ1) is 19.0. The van der Waals surface area contributed by atoms with E-state index in [1.165, 1.54) is 0 Å². The van der Waals surface area contributed by atoms with Crippen molar-refractivity contribution in [2.45, 2.75) is 44.8 Å². The maximum Gasteiger partial charge on any atom is 0.276 e. The van der Waals surface area contributed by atoms with E-state index in [1.54, 1.807) is 6.07 Å². The van der Waals surface area contributed by atoms with E-state index < -0.39 is 0 Å². The Morgan fingerprint density at radius 3 is 2.89 bits per heavy atom. The molecule has 0 radical (unpaired) electrons. The van der Waals surface area contributed by atoms with Crippen molar-refractivity contribution in [3.63, 3.8) is 0 Å². The van der Waals surface area contributed by atoms with Crippen LogP contribution in [0.5, 0.6) is 5.75 Å². The molecular weight excluding hydrogens is 356 g/mol. The van der Waals surface area contributed by atoms with Crippen molar-refractivity contribution in [1.29, 1.82) is 0 Å². The summed E-state index contributed by atoms with van der Waals surface area (Å²) in [4.78, 5) is 12.6. The predicted molar refractivity (Wildman–Crippen MR) is 107 cm³/mol. The van der Waals surface area contributed by atoms with Gasteiger partial charge in [-0.05, 0) is 56.1 Å². The molecule has 3 heterocycles. The van der Waals surface area contributed by atoms with Crippen LogP contribution in [0.4, 0.5) is 5.69 Å². The number of piperidine rings is 1. The van der Waals surface area contributed by atoms with Gasteiger partial charge in [-0.1, -0.05) is 0 Å². The molecule has 2 N–H and O–H groups in total. The number of amides is 1. The van der Waals surface area contributed by atoms with Crippen LogP contribution in [0.1, 0.15) is 47.8 Å². The minimum absolute atomic E-state index is 0.194. The van der Waals surface area contributed by atoms with Gasteiger partial charge in [-0.3, -0.25) is 9.48 Å². The van der Waals surface area contributed by atoms with Crippen molar-refractivity contribution < 1.29 is 14.3 Å². The number of hydrogen-bond donors (Lipinski definition) is 2. The highest BCUT2D eigenvalue weighted by molar-refractivity contribution is 6.02. The molecule has 1 amide bonds. The van der Waals surface area contributed by atoms with Crippen LogP contribution in [-0.2, 0) is 4.74 Å². The van der Waals surface area contributed by atoms with E-state index in [-0.39, 0.29) is 12.0 Å². The van der Waals surface area contributed by atoms with Crippen LogP contribution < -0.4 is 15.4 Å². The van der Waals surface area contributed by atoms with E-state index in [9.17, 15) is 4.79 Å². The lowest BCUT2D eigenvalue weighted by molar-refractivity contribution is 0.0253. The maximum atomic E-state index is 12.6. The summed E-state index contributed by atoms with van der Waals surface area (Å²) < 4.78 is 13.4. The third-order valence-electron chi connectivity index (χ3n) is 5.38. The van der Waals surface area contributed by atoms with Gasteiger partial charge in [0.25, 0.3) is 5.91 Å². The second kappa shape index (κ2) is 8.75. The summed E-state index contributed by atoms with van der Waals surface area (Å²) in [5.74, 6) is 0.666. The molecule has 2 aliphatic heterocycles. The predicted octanol–water partition coefficient (Wildman–Crippen LogP) is 2.93. The van der Waals surface area contributed by atoms with Gasteiger partial charge < -0.3 is 20.1 Å². The average Bonchev–Trinajstić information content (AvgIpc) is 3.22. The van der Waals surface area contributed by atoms with Gasteiger partial charge in [0.05, 0.1) is 19.3 Å². The molecule has 4 rings (SSSR count). The van der Waals surface area contributed by atoms with Gasteiger partial charge >= 0.3 is 0 Å². The Morgan fingerprint density at radius 2 is 2.14 bits per heavy atom. The number of nitrogens with zero attached hydrogens (tertiary/aromatic N) is 2. The van der Waals surface area contributed by atoms with Crippen LogP contribution in [0.3, 0.4) is 0 Å². The maximum absolute atomic E-state index is 12.6. The number of ether oxygens (including phenoxy) is 2. The number of carbonyl (C=O) groups excluding carboxylic acids is 1. The van der Waals surface area contributed by atoms with Gasteiger partial charge in [-0.15, -0.1) is 0 Å². The Hall–Kier alpha value is -2.38.